The molecule has 2 heterocycles. The second-order valence-electron chi connectivity index (χ2n) is 8.75. The molecule has 1 unspecified atom stereocenters. The number of aliphatic hydroxyl groups is 1. The summed E-state index contributed by atoms with van der Waals surface area (Å²) in [6, 6.07) is 7.80. The molecule has 3 rings (SSSR count). The number of β-amino-alcohol motifs (C(OH)–C–C–N with tert-alkyl or cyclic N) is 1. The Kier molecular flexibility index (Phi) is 7.86. The first kappa shape index (κ1) is 22.7. The molecule has 2 aliphatic heterocycles. The van der Waals surface area contributed by atoms with Crippen LogP contribution in [0, 0.1) is 0 Å². The predicted octanol–water partition coefficient (Wildman–Crippen LogP) is 1.79. The normalized spacial score (nSPS) is 23.8. The predicted molar refractivity (Wildman–Crippen MR) is 115 cm³/mol. The number of carbonyl (C=O) groups excluding carboxylic acids is 2. The van der Waals surface area contributed by atoms with Crippen molar-refractivity contribution >= 4 is 11.8 Å². The van der Waals surface area contributed by atoms with Crippen LogP contribution in [0.4, 0.5) is 0 Å². The molecule has 0 aliphatic carbocycles. The zero-order valence-corrected chi connectivity index (χ0v) is 18.2. The molecule has 30 heavy (non-hydrogen) atoms. The van der Waals surface area contributed by atoms with Crippen LogP contribution in [0.25, 0.3) is 0 Å². The smallest absolute Gasteiger partial charge is 0.253 e. The molecule has 1 atom stereocenters. The van der Waals surface area contributed by atoms with Gasteiger partial charge in [-0.3, -0.25) is 9.59 Å². The van der Waals surface area contributed by atoms with Gasteiger partial charge in [-0.15, -0.1) is 0 Å². The van der Waals surface area contributed by atoms with E-state index in [-0.39, 0.29) is 17.9 Å². The van der Waals surface area contributed by atoms with Crippen LogP contribution in [0.15, 0.2) is 24.3 Å². The van der Waals surface area contributed by atoms with Gasteiger partial charge in [-0.25, -0.2) is 0 Å². The second-order valence-corrected chi connectivity index (χ2v) is 8.75. The molecule has 0 spiro atoms. The van der Waals surface area contributed by atoms with Crippen molar-refractivity contribution in [2.75, 3.05) is 39.8 Å². The highest BCUT2D eigenvalue weighted by atomic mass is 16.5. The fourth-order valence-electron chi connectivity index (χ4n) is 4.57. The average Bonchev–Trinajstić information content (AvgIpc) is 2.91. The molecule has 0 bridgehead atoms. The van der Waals surface area contributed by atoms with Crippen molar-refractivity contribution in [1.29, 1.82) is 0 Å². The summed E-state index contributed by atoms with van der Waals surface area (Å²) in [7, 11) is 1.66. The second kappa shape index (κ2) is 10.4. The number of benzene rings is 1. The van der Waals surface area contributed by atoms with Gasteiger partial charge in [0.15, 0.2) is 0 Å². The molecule has 2 saturated heterocycles. The number of nitrogens with one attached hydrogen (secondary N) is 1. The molecule has 2 N–H and O–H groups in total. The zero-order valence-electron chi connectivity index (χ0n) is 18.2. The van der Waals surface area contributed by atoms with Crippen molar-refractivity contribution in [2.45, 2.75) is 57.3 Å². The van der Waals surface area contributed by atoms with Gasteiger partial charge in [0.05, 0.1) is 12.2 Å². The van der Waals surface area contributed by atoms with Crippen molar-refractivity contribution in [3.05, 3.63) is 35.4 Å². The number of ether oxygens (including phenoxy) is 1. The molecule has 0 aromatic heterocycles. The number of piperidine rings is 1. The summed E-state index contributed by atoms with van der Waals surface area (Å²) in [6.45, 7) is 5.72. The molecule has 1 aromatic carbocycles. The van der Waals surface area contributed by atoms with E-state index in [1.165, 1.54) is 0 Å². The van der Waals surface area contributed by atoms with Crippen molar-refractivity contribution < 1.29 is 19.4 Å². The summed E-state index contributed by atoms with van der Waals surface area (Å²) in [5, 5.41) is 14.2. The highest BCUT2D eigenvalue weighted by Gasteiger charge is 2.34. The Balaban J connectivity index is 1.51. The molecule has 0 radical (unpaired) electrons. The van der Waals surface area contributed by atoms with E-state index in [1.807, 2.05) is 29.2 Å². The van der Waals surface area contributed by atoms with Crippen LogP contribution in [0.1, 0.15) is 54.9 Å². The molecule has 0 saturated carbocycles. The van der Waals surface area contributed by atoms with Crippen LogP contribution in [-0.2, 0) is 16.1 Å². The van der Waals surface area contributed by atoms with Gasteiger partial charge in [0, 0.05) is 58.4 Å². The number of nitrogens with zero attached hydrogens (tertiary/aromatic N) is 2. The third-order valence-electron chi connectivity index (χ3n) is 6.23. The molecule has 1 aromatic rings. The minimum absolute atomic E-state index is 0.0222. The highest BCUT2D eigenvalue weighted by molar-refractivity contribution is 5.94. The third kappa shape index (κ3) is 6.27. The summed E-state index contributed by atoms with van der Waals surface area (Å²) in [5.41, 5.74) is 0.958. The topological polar surface area (TPSA) is 82.1 Å². The number of hydrogen-bond donors (Lipinski definition) is 2. The number of carbonyl (C=O) groups is 2. The number of likely N-dealkylation sites (tertiary alicyclic amines) is 2. The maximum atomic E-state index is 12.9. The summed E-state index contributed by atoms with van der Waals surface area (Å²) in [5.74, 6) is 0.0493. The van der Waals surface area contributed by atoms with Gasteiger partial charge in [0.25, 0.3) is 5.91 Å². The van der Waals surface area contributed by atoms with Gasteiger partial charge in [-0.1, -0.05) is 12.1 Å². The minimum atomic E-state index is -0.766. The molecular formula is C23H35N3O4. The van der Waals surface area contributed by atoms with Gasteiger partial charge in [-0.05, 0) is 49.8 Å². The van der Waals surface area contributed by atoms with E-state index < -0.39 is 5.60 Å². The maximum Gasteiger partial charge on any atom is 0.253 e. The lowest BCUT2D eigenvalue weighted by Gasteiger charge is -2.38. The number of amides is 2. The lowest BCUT2D eigenvalue weighted by Crippen LogP contribution is -2.50. The maximum absolute atomic E-state index is 12.9. The lowest BCUT2D eigenvalue weighted by atomic mass is 9.93. The van der Waals surface area contributed by atoms with Crippen LogP contribution in [0.3, 0.4) is 0 Å². The van der Waals surface area contributed by atoms with E-state index in [2.05, 4.69) is 10.2 Å². The molecule has 166 valence electrons. The third-order valence-corrected chi connectivity index (χ3v) is 6.23. The largest absolute Gasteiger partial charge is 0.388 e. The fourth-order valence-corrected chi connectivity index (χ4v) is 4.57. The average molecular weight is 418 g/mol. The highest BCUT2D eigenvalue weighted by Crippen LogP contribution is 2.26. The van der Waals surface area contributed by atoms with E-state index in [9.17, 15) is 14.7 Å². The first-order chi connectivity index (χ1) is 14.4. The van der Waals surface area contributed by atoms with Crippen LogP contribution in [0.5, 0.6) is 0 Å². The Morgan fingerprint density at radius 3 is 2.47 bits per heavy atom. The summed E-state index contributed by atoms with van der Waals surface area (Å²) >= 11 is 0. The Bertz CT molecular complexity index is 716. The van der Waals surface area contributed by atoms with Gasteiger partial charge in [0.1, 0.15) is 0 Å². The molecule has 2 aliphatic rings. The van der Waals surface area contributed by atoms with E-state index in [1.54, 1.807) is 14.0 Å². The Hall–Kier alpha value is -1.96. The number of methoxy groups -OCH3 is 1. The van der Waals surface area contributed by atoms with Crippen molar-refractivity contribution in [3.63, 3.8) is 0 Å². The summed E-state index contributed by atoms with van der Waals surface area (Å²) < 4.78 is 5.12. The summed E-state index contributed by atoms with van der Waals surface area (Å²) in [6.07, 6.45) is 3.92. The molecule has 7 heteroatoms. The lowest BCUT2D eigenvalue weighted by molar-refractivity contribution is -0.120. The SMILES string of the molecule is COCc1ccc(C(=O)N2CCCC(O)(CN3CCC(NC(C)=O)CC3)CC2)cc1. The number of hydrogen-bond acceptors (Lipinski definition) is 5. The van der Waals surface area contributed by atoms with E-state index in [0.29, 0.717) is 44.6 Å². The first-order valence-corrected chi connectivity index (χ1v) is 11.0. The number of rotatable bonds is 6. The van der Waals surface area contributed by atoms with Crippen molar-refractivity contribution in [3.8, 4) is 0 Å². The zero-order chi connectivity index (χ0) is 21.6. The van der Waals surface area contributed by atoms with E-state index >= 15 is 0 Å². The van der Waals surface area contributed by atoms with Gasteiger partial charge < -0.3 is 25.0 Å². The van der Waals surface area contributed by atoms with Crippen LogP contribution in [0.2, 0.25) is 0 Å². The molecule has 2 amide bonds. The minimum Gasteiger partial charge on any atom is -0.388 e. The van der Waals surface area contributed by atoms with Crippen LogP contribution in [-0.4, -0.2) is 78.2 Å². The van der Waals surface area contributed by atoms with E-state index in [0.717, 1.165) is 37.9 Å². The van der Waals surface area contributed by atoms with Crippen molar-refractivity contribution in [1.82, 2.24) is 15.1 Å². The van der Waals surface area contributed by atoms with Crippen molar-refractivity contribution in [2.24, 2.45) is 0 Å². The Labute approximate surface area is 179 Å². The molecule has 7 nitrogen and oxygen atoms in total. The monoisotopic (exact) mass is 417 g/mol. The van der Waals surface area contributed by atoms with Crippen LogP contribution >= 0.6 is 0 Å². The van der Waals surface area contributed by atoms with Gasteiger partial charge in [0.2, 0.25) is 5.91 Å². The fraction of sp³-hybridized carbons (Fsp3) is 0.652. The first-order valence-electron chi connectivity index (χ1n) is 11.0. The molecular weight excluding hydrogens is 382 g/mol. The van der Waals surface area contributed by atoms with Crippen LogP contribution < -0.4 is 5.32 Å². The quantitative estimate of drug-likeness (QED) is 0.738. The Morgan fingerprint density at radius 1 is 1.13 bits per heavy atom. The molecule has 2 fully saturated rings. The van der Waals surface area contributed by atoms with Gasteiger partial charge >= 0.3 is 0 Å². The van der Waals surface area contributed by atoms with E-state index in [4.69, 9.17) is 4.74 Å². The summed E-state index contributed by atoms with van der Waals surface area (Å²) in [4.78, 5) is 28.3. The van der Waals surface area contributed by atoms with Gasteiger partial charge in [-0.2, -0.15) is 0 Å². The Morgan fingerprint density at radius 2 is 1.83 bits per heavy atom. The standard InChI is InChI=1S/C23H35N3O4/c1-18(27)24-21-8-13-25(14-9-21)17-23(29)10-3-12-26(15-11-23)22(28)20-6-4-19(5-7-20)16-30-2/h4-7,21,29H,3,8-17H2,1-2H3,(H,24,27).